The molecule has 0 bridgehead atoms. The van der Waals surface area contributed by atoms with Gasteiger partial charge in [-0.25, -0.2) is 4.68 Å². The number of unbranched alkanes of at least 4 members (excludes halogenated alkanes) is 1. The Labute approximate surface area is 276 Å². The Morgan fingerprint density at radius 2 is 1.84 bits per heavy atom. The summed E-state index contributed by atoms with van der Waals surface area (Å²) >= 11 is 5.34. The van der Waals surface area contributed by atoms with E-state index in [1.54, 1.807) is 23.6 Å². The van der Waals surface area contributed by atoms with Gasteiger partial charge in [0.1, 0.15) is 18.4 Å². The first-order valence-electron chi connectivity index (χ1n) is 15.0. The van der Waals surface area contributed by atoms with Gasteiger partial charge in [0.25, 0.3) is 5.91 Å². The van der Waals surface area contributed by atoms with Crippen LogP contribution in [0.25, 0.3) is 0 Å². The molecule has 11 heteroatoms. The second-order valence-corrected chi connectivity index (χ2v) is 12.5. The number of methoxy groups -OCH3 is 1. The number of aromatic nitrogens is 3. The lowest BCUT2D eigenvalue weighted by atomic mass is 9.94. The van der Waals surface area contributed by atoms with E-state index in [4.69, 9.17) is 24.3 Å². The molecule has 1 amide bonds. The molecule has 0 saturated heterocycles. The normalized spacial score (nSPS) is 14.0. The maximum absolute atomic E-state index is 14.1. The second kappa shape index (κ2) is 14.9. The SMILES string of the molecule is CCCCSc1nc2n(n1)C(c1cc(Br)c(OCc3ccccc3C)c(OC)c1)C(C(=O)Nc1ccccc1OCC)=C(C)N2. The van der Waals surface area contributed by atoms with Gasteiger partial charge >= 0.3 is 0 Å². The van der Waals surface area contributed by atoms with E-state index in [0.29, 0.717) is 63.0 Å². The summed E-state index contributed by atoms with van der Waals surface area (Å²) in [5.41, 5.74) is 4.76. The number of aryl methyl sites for hydroxylation is 1. The third-order valence-corrected chi connectivity index (χ3v) is 8.96. The predicted octanol–water partition coefficient (Wildman–Crippen LogP) is 8.16. The molecule has 0 radical (unpaired) electrons. The number of carbonyl (C=O) groups excluding carboxylic acids is 1. The van der Waals surface area contributed by atoms with E-state index in [2.05, 4.69) is 46.5 Å². The summed E-state index contributed by atoms with van der Waals surface area (Å²) in [4.78, 5) is 18.9. The van der Waals surface area contributed by atoms with Crippen LogP contribution in [0.15, 0.2) is 81.6 Å². The number of amides is 1. The number of allylic oxidation sites excluding steroid dienone is 1. The third kappa shape index (κ3) is 7.31. The highest BCUT2D eigenvalue weighted by molar-refractivity contribution is 9.10. The van der Waals surface area contributed by atoms with Crippen molar-refractivity contribution in [1.82, 2.24) is 14.8 Å². The van der Waals surface area contributed by atoms with Gasteiger partial charge in [-0.1, -0.05) is 61.5 Å². The molecule has 3 aromatic carbocycles. The highest BCUT2D eigenvalue weighted by Crippen LogP contribution is 2.44. The van der Waals surface area contributed by atoms with Crippen LogP contribution < -0.4 is 24.8 Å². The van der Waals surface area contributed by atoms with Crippen LogP contribution in [0.1, 0.15) is 56.3 Å². The van der Waals surface area contributed by atoms with Crippen molar-refractivity contribution in [3.63, 3.8) is 0 Å². The van der Waals surface area contributed by atoms with E-state index in [1.807, 2.05) is 68.4 Å². The summed E-state index contributed by atoms with van der Waals surface area (Å²) in [6.07, 6.45) is 2.14. The largest absolute Gasteiger partial charge is 0.493 e. The smallest absolute Gasteiger partial charge is 0.255 e. The Kier molecular flexibility index (Phi) is 10.7. The fourth-order valence-corrected chi connectivity index (χ4v) is 6.59. The summed E-state index contributed by atoms with van der Waals surface area (Å²) in [5, 5.41) is 11.9. The number of rotatable bonds is 13. The lowest BCUT2D eigenvalue weighted by Crippen LogP contribution is -2.31. The average Bonchev–Trinajstić information content (AvgIpc) is 3.43. The summed E-state index contributed by atoms with van der Waals surface area (Å²) in [5.74, 6) is 2.90. The molecular formula is C34H38BrN5O4S. The standard InChI is InChI=1S/C34H38BrN5O4S/c1-6-8-17-45-34-38-33-36-22(4)29(32(41)37-26-15-11-12-16-27(26)43-7-2)30(40(33)39-34)24-18-25(35)31(28(19-24)42-5)44-20-23-14-10-9-13-21(23)3/h9-16,18-19,30H,6-8,17,20H2,1-5H3,(H,37,41)(H,36,38,39). The number of nitrogens with one attached hydrogen (secondary N) is 2. The van der Waals surface area contributed by atoms with Crippen molar-refractivity contribution in [1.29, 1.82) is 0 Å². The molecule has 4 aromatic rings. The minimum atomic E-state index is -0.607. The van der Waals surface area contributed by atoms with E-state index in [-0.39, 0.29) is 5.91 Å². The number of halogens is 1. The molecule has 1 atom stereocenters. The molecule has 2 heterocycles. The summed E-state index contributed by atoms with van der Waals surface area (Å²) in [6.45, 7) is 8.87. The van der Waals surface area contributed by atoms with Crippen molar-refractivity contribution in [2.75, 3.05) is 30.1 Å². The van der Waals surface area contributed by atoms with E-state index in [9.17, 15) is 4.79 Å². The first-order chi connectivity index (χ1) is 21.8. The van der Waals surface area contributed by atoms with Crippen molar-refractivity contribution in [2.45, 2.75) is 58.3 Å². The fourth-order valence-electron chi connectivity index (χ4n) is 5.10. The van der Waals surface area contributed by atoms with Crippen LogP contribution in [0.3, 0.4) is 0 Å². The number of para-hydroxylation sites is 2. The van der Waals surface area contributed by atoms with Crippen LogP contribution in [0.5, 0.6) is 17.2 Å². The third-order valence-electron chi connectivity index (χ3n) is 7.44. The van der Waals surface area contributed by atoms with E-state index < -0.39 is 6.04 Å². The number of fused-ring (bicyclic) bond motifs is 1. The van der Waals surface area contributed by atoms with E-state index in [1.165, 1.54) is 0 Å². The zero-order chi connectivity index (χ0) is 31.9. The highest BCUT2D eigenvalue weighted by atomic mass is 79.9. The monoisotopic (exact) mass is 691 g/mol. The highest BCUT2D eigenvalue weighted by Gasteiger charge is 2.36. The van der Waals surface area contributed by atoms with Crippen molar-refractivity contribution in [2.24, 2.45) is 0 Å². The summed E-state index contributed by atoms with van der Waals surface area (Å²) < 4.78 is 20.4. The summed E-state index contributed by atoms with van der Waals surface area (Å²) in [7, 11) is 1.61. The molecule has 5 rings (SSSR count). The zero-order valence-electron chi connectivity index (χ0n) is 26.1. The van der Waals surface area contributed by atoms with Crippen molar-refractivity contribution < 1.29 is 19.0 Å². The maximum Gasteiger partial charge on any atom is 0.255 e. The molecule has 0 saturated carbocycles. The van der Waals surface area contributed by atoms with E-state index in [0.717, 1.165) is 35.3 Å². The molecule has 1 aliphatic heterocycles. The molecule has 2 N–H and O–H groups in total. The van der Waals surface area contributed by atoms with Gasteiger partial charge in [-0.2, -0.15) is 4.98 Å². The van der Waals surface area contributed by atoms with Gasteiger partial charge in [0, 0.05) is 11.4 Å². The molecule has 9 nitrogen and oxygen atoms in total. The molecule has 1 aromatic heterocycles. The fraction of sp³-hybridized carbons (Fsp3) is 0.324. The van der Waals surface area contributed by atoms with Crippen LogP contribution in [-0.2, 0) is 11.4 Å². The van der Waals surface area contributed by atoms with Crippen molar-refractivity contribution in [3.05, 3.63) is 93.1 Å². The quantitative estimate of drug-likeness (QED) is 0.107. The van der Waals surface area contributed by atoms with Crippen LogP contribution in [-0.4, -0.2) is 40.1 Å². The van der Waals surface area contributed by atoms with Gasteiger partial charge in [-0.3, -0.25) is 4.79 Å². The molecule has 45 heavy (non-hydrogen) atoms. The number of thioether (sulfide) groups is 1. The molecular weight excluding hydrogens is 654 g/mol. The number of anilines is 2. The number of hydrogen-bond donors (Lipinski definition) is 2. The Morgan fingerprint density at radius 3 is 2.60 bits per heavy atom. The second-order valence-electron chi connectivity index (χ2n) is 10.6. The van der Waals surface area contributed by atoms with Gasteiger partial charge in [0.05, 0.1) is 29.4 Å². The number of carbonyl (C=O) groups is 1. The van der Waals surface area contributed by atoms with Gasteiger partial charge in [-0.05, 0) is 84.1 Å². The Morgan fingerprint density at radius 1 is 1.07 bits per heavy atom. The van der Waals surface area contributed by atoms with Crippen LogP contribution in [0.2, 0.25) is 0 Å². The lowest BCUT2D eigenvalue weighted by Gasteiger charge is -2.29. The Bertz CT molecular complexity index is 1710. The van der Waals surface area contributed by atoms with Gasteiger partial charge in [-0.15, -0.1) is 5.10 Å². The maximum atomic E-state index is 14.1. The number of ether oxygens (including phenoxy) is 3. The lowest BCUT2D eigenvalue weighted by molar-refractivity contribution is -0.113. The van der Waals surface area contributed by atoms with Crippen molar-refractivity contribution >= 4 is 45.2 Å². The summed E-state index contributed by atoms with van der Waals surface area (Å²) in [6, 6.07) is 18.8. The number of nitrogens with zero attached hydrogens (tertiary/aromatic N) is 3. The molecule has 0 spiro atoms. The Balaban J connectivity index is 1.55. The van der Waals surface area contributed by atoms with Gasteiger partial charge < -0.3 is 24.8 Å². The van der Waals surface area contributed by atoms with E-state index >= 15 is 0 Å². The van der Waals surface area contributed by atoms with Crippen LogP contribution in [0.4, 0.5) is 11.6 Å². The first-order valence-corrected chi connectivity index (χ1v) is 16.8. The average molecular weight is 693 g/mol. The zero-order valence-corrected chi connectivity index (χ0v) is 28.5. The molecule has 236 valence electrons. The first kappa shape index (κ1) is 32.4. The molecule has 0 fully saturated rings. The van der Waals surface area contributed by atoms with Gasteiger partial charge in [0.15, 0.2) is 11.5 Å². The Hall–Kier alpha value is -3.96. The topological polar surface area (TPSA) is 99.5 Å². The van der Waals surface area contributed by atoms with Gasteiger partial charge in [0.2, 0.25) is 11.1 Å². The minimum Gasteiger partial charge on any atom is -0.493 e. The number of benzene rings is 3. The molecule has 1 aliphatic rings. The molecule has 0 aliphatic carbocycles. The predicted molar refractivity (Wildman–Crippen MR) is 183 cm³/mol. The van der Waals surface area contributed by atoms with Crippen LogP contribution in [0, 0.1) is 6.92 Å². The molecule has 1 unspecified atom stereocenters. The van der Waals surface area contributed by atoms with Crippen LogP contribution >= 0.6 is 27.7 Å². The minimum absolute atomic E-state index is 0.284. The van der Waals surface area contributed by atoms with Crippen molar-refractivity contribution in [3.8, 4) is 17.2 Å². The number of hydrogen-bond acceptors (Lipinski definition) is 8.